The van der Waals surface area contributed by atoms with E-state index in [1.165, 1.54) is 0 Å². The summed E-state index contributed by atoms with van der Waals surface area (Å²) in [5.41, 5.74) is 4.37. The summed E-state index contributed by atoms with van der Waals surface area (Å²) in [4.78, 5) is 24.6. The van der Waals surface area contributed by atoms with Crippen molar-refractivity contribution in [1.29, 1.82) is 0 Å². The van der Waals surface area contributed by atoms with Crippen molar-refractivity contribution in [2.24, 2.45) is 4.99 Å². The number of piperazine rings is 1. The summed E-state index contributed by atoms with van der Waals surface area (Å²) in [6, 6.07) is 22.8. The van der Waals surface area contributed by atoms with Crippen molar-refractivity contribution in [1.82, 2.24) is 15.2 Å². The van der Waals surface area contributed by atoms with Gasteiger partial charge < -0.3 is 20.3 Å². The topological polar surface area (TPSA) is 84.0 Å². The number of rotatable bonds is 6. The smallest absolute Gasteiger partial charge is 0.240 e. The number of hydrogen-bond acceptors (Lipinski definition) is 5. The molecular weight excluding hydrogens is 474 g/mol. The summed E-state index contributed by atoms with van der Waals surface area (Å²) in [7, 11) is 1.80. The first-order valence-electron chi connectivity index (χ1n) is 11.9. The van der Waals surface area contributed by atoms with Gasteiger partial charge in [-0.2, -0.15) is 0 Å². The maximum absolute atomic E-state index is 12.8. The van der Waals surface area contributed by atoms with E-state index >= 15 is 0 Å². The molecule has 1 fully saturated rings. The van der Waals surface area contributed by atoms with Crippen molar-refractivity contribution in [2.45, 2.75) is 0 Å². The third-order valence-corrected chi connectivity index (χ3v) is 6.68. The molecular formula is C28H28ClN5O2. The highest BCUT2D eigenvalue weighted by Crippen LogP contribution is 2.33. The van der Waals surface area contributed by atoms with Crippen LogP contribution in [0.3, 0.4) is 0 Å². The van der Waals surface area contributed by atoms with Crippen LogP contribution in [0.2, 0.25) is 5.02 Å². The first-order valence-corrected chi connectivity index (χ1v) is 12.3. The van der Waals surface area contributed by atoms with Gasteiger partial charge in [-0.15, -0.1) is 0 Å². The molecule has 1 aliphatic heterocycles. The summed E-state index contributed by atoms with van der Waals surface area (Å²) in [6.45, 7) is 3.98. The molecule has 0 saturated carbocycles. The number of carbonyl (C=O) groups excluding carboxylic acids is 1. The number of halogens is 1. The van der Waals surface area contributed by atoms with E-state index in [2.05, 4.69) is 15.2 Å². The fourth-order valence-corrected chi connectivity index (χ4v) is 4.62. The molecule has 0 atom stereocenters. The molecule has 1 amide bonds. The van der Waals surface area contributed by atoms with Crippen LogP contribution in [0, 0.1) is 0 Å². The van der Waals surface area contributed by atoms with Crippen LogP contribution in [0.5, 0.6) is 5.88 Å². The molecule has 3 N–H and O–H groups in total. The van der Waals surface area contributed by atoms with Crippen LogP contribution in [-0.4, -0.2) is 66.4 Å². The molecule has 4 aromatic rings. The number of aromatic amines is 1. The Balaban J connectivity index is 1.46. The summed E-state index contributed by atoms with van der Waals surface area (Å²) < 4.78 is 0. The minimum Gasteiger partial charge on any atom is -0.494 e. The molecule has 1 saturated heterocycles. The van der Waals surface area contributed by atoms with Gasteiger partial charge in [-0.1, -0.05) is 48.0 Å². The number of nitrogens with zero attached hydrogens (tertiary/aromatic N) is 3. The van der Waals surface area contributed by atoms with Crippen molar-refractivity contribution < 1.29 is 9.90 Å². The Kier molecular flexibility index (Phi) is 7.04. The zero-order valence-electron chi connectivity index (χ0n) is 20.0. The van der Waals surface area contributed by atoms with Crippen LogP contribution in [0.15, 0.2) is 77.8 Å². The van der Waals surface area contributed by atoms with E-state index in [1.807, 2.05) is 60.7 Å². The minimum absolute atomic E-state index is 0.0322. The van der Waals surface area contributed by atoms with E-state index < -0.39 is 0 Å². The number of H-pyrrole nitrogens is 1. The third kappa shape index (κ3) is 5.14. The van der Waals surface area contributed by atoms with E-state index in [0.717, 1.165) is 48.3 Å². The molecule has 0 bridgehead atoms. The lowest BCUT2D eigenvalue weighted by molar-refractivity contribution is -0.119. The number of amides is 1. The number of nitrogens with one attached hydrogen (secondary N) is 2. The molecule has 3 aromatic carbocycles. The Morgan fingerprint density at radius 2 is 1.78 bits per heavy atom. The lowest BCUT2D eigenvalue weighted by atomic mass is 10.0. The Morgan fingerprint density at radius 3 is 2.50 bits per heavy atom. The summed E-state index contributed by atoms with van der Waals surface area (Å²) >= 11 is 6.16. The van der Waals surface area contributed by atoms with Gasteiger partial charge in [0.25, 0.3) is 0 Å². The molecule has 0 spiro atoms. The van der Waals surface area contributed by atoms with E-state index in [0.29, 0.717) is 28.5 Å². The molecule has 2 heterocycles. The standard InChI is InChI=1S/C28H28ClN5O2/c1-33(25(35)18-34-15-13-30-14-16-34)22-10-8-21(9-11-22)31-27(19-5-3-2-4-6-19)26-23-12-7-20(29)17-24(23)32-28(26)36/h2-12,17,30,32,36H,13-16,18H2,1H3. The summed E-state index contributed by atoms with van der Waals surface area (Å²) in [5.74, 6) is 0.0882. The van der Waals surface area contributed by atoms with Gasteiger partial charge in [-0.05, 0) is 36.4 Å². The predicted octanol–water partition coefficient (Wildman–Crippen LogP) is 4.56. The third-order valence-electron chi connectivity index (χ3n) is 6.45. The van der Waals surface area contributed by atoms with Crippen molar-refractivity contribution in [3.05, 3.63) is 88.9 Å². The average molecular weight is 502 g/mol. The van der Waals surface area contributed by atoms with Gasteiger partial charge in [0.2, 0.25) is 5.91 Å². The van der Waals surface area contributed by atoms with Gasteiger partial charge >= 0.3 is 0 Å². The fraction of sp³-hybridized carbons (Fsp3) is 0.214. The highest BCUT2D eigenvalue weighted by molar-refractivity contribution is 6.31. The molecule has 184 valence electrons. The van der Waals surface area contributed by atoms with Crippen LogP contribution in [0.4, 0.5) is 11.4 Å². The molecule has 8 heteroatoms. The van der Waals surface area contributed by atoms with Crippen LogP contribution in [0.1, 0.15) is 11.1 Å². The van der Waals surface area contributed by atoms with Gasteiger partial charge in [0.1, 0.15) is 0 Å². The second-order valence-electron chi connectivity index (χ2n) is 8.86. The number of anilines is 1. The average Bonchev–Trinajstić information content (AvgIpc) is 3.22. The molecule has 5 rings (SSSR count). The predicted molar refractivity (Wildman–Crippen MR) is 146 cm³/mol. The van der Waals surface area contributed by atoms with Gasteiger partial charge in [-0.3, -0.25) is 9.69 Å². The molecule has 0 unspecified atom stereocenters. The van der Waals surface area contributed by atoms with Crippen LogP contribution in [-0.2, 0) is 4.79 Å². The summed E-state index contributed by atoms with van der Waals surface area (Å²) in [6.07, 6.45) is 0. The van der Waals surface area contributed by atoms with Crippen LogP contribution >= 0.6 is 11.6 Å². The fourth-order valence-electron chi connectivity index (χ4n) is 4.45. The molecule has 0 radical (unpaired) electrons. The van der Waals surface area contributed by atoms with E-state index in [1.54, 1.807) is 24.1 Å². The number of fused-ring (bicyclic) bond motifs is 1. The van der Waals surface area contributed by atoms with Gasteiger partial charge in [0.15, 0.2) is 5.88 Å². The maximum atomic E-state index is 12.8. The quantitative estimate of drug-likeness (QED) is 0.338. The number of aromatic hydroxyl groups is 1. The largest absolute Gasteiger partial charge is 0.494 e. The monoisotopic (exact) mass is 501 g/mol. The minimum atomic E-state index is 0.0322. The lowest BCUT2D eigenvalue weighted by Gasteiger charge is -2.28. The maximum Gasteiger partial charge on any atom is 0.240 e. The van der Waals surface area contributed by atoms with Crippen molar-refractivity contribution in [3.63, 3.8) is 0 Å². The number of carbonyl (C=O) groups is 1. The highest BCUT2D eigenvalue weighted by Gasteiger charge is 2.20. The molecule has 36 heavy (non-hydrogen) atoms. The Hall–Kier alpha value is -3.65. The number of benzene rings is 3. The zero-order valence-corrected chi connectivity index (χ0v) is 20.8. The van der Waals surface area contributed by atoms with E-state index in [-0.39, 0.29) is 11.8 Å². The van der Waals surface area contributed by atoms with E-state index in [9.17, 15) is 9.90 Å². The van der Waals surface area contributed by atoms with Crippen molar-refractivity contribution >= 4 is 45.5 Å². The second-order valence-corrected chi connectivity index (χ2v) is 9.30. The first-order chi connectivity index (χ1) is 17.5. The van der Waals surface area contributed by atoms with E-state index in [4.69, 9.17) is 16.6 Å². The SMILES string of the molecule is CN(C(=O)CN1CCNCC1)c1ccc(N=C(c2ccccc2)c2c(O)[nH]c3cc(Cl)ccc23)cc1. The Bertz CT molecular complexity index is 1390. The number of hydrogen-bond donors (Lipinski definition) is 3. The highest BCUT2D eigenvalue weighted by atomic mass is 35.5. The normalized spacial score (nSPS) is 14.8. The molecule has 7 nitrogen and oxygen atoms in total. The number of likely N-dealkylation sites (N-methyl/N-ethyl adjacent to an activating group) is 1. The van der Waals surface area contributed by atoms with Gasteiger partial charge in [0, 0.05) is 54.9 Å². The molecule has 1 aromatic heterocycles. The van der Waals surface area contributed by atoms with Crippen molar-refractivity contribution in [3.8, 4) is 5.88 Å². The number of aliphatic imine (C=N–C) groups is 1. The first kappa shape index (κ1) is 24.1. The second kappa shape index (κ2) is 10.5. The molecule has 0 aliphatic carbocycles. The zero-order chi connectivity index (χ0) is 25.1. The van der Waals surface area contributed by atoms with Crippen LogP contribution in [0.25, 0.3) is 10.9 Å². The molecule has 1 aliphatic rings. The van der Waals surface area contributed by atoms with Gasteiger partial charge in [-0.25, -0.2) is 4.99 Å². The number of aromatic nitrogens is 1. The van der Waals surface area contributed by atoms with Crippen LogP contribution < -0.4 is 10.2 Å². The Morgan fingerprint density at radius 1 is 1.06 bits per heavy atom. The lowest BCUT2D eigenvalue weighted by Crippen LogP contribution is -2.47. The van der Waals surface area contributed by atoms with Crippen molar-refractivity contribution in [2.75, 3.05) is 44.7 Å². The summed E-state index contributed by atoms with van der Waals surface area (Å²) in [5, 5.41) is 15.5. The van der Waals surface area contributed by atoms with Gasteiger partial charge in [0.05, 0.1) is 29.0 Å². The Labute approximate surface area is 215 Å².